The molecule has 0 fully saturated rings. The molecule has 3 rings (SSSR count). The number of hydrogen-bond donors (Lipinski definition) is 2. The van der Waals surface area contributed by atoms with E-state index in [1.807, 2.05) is 18.2 Å². The Hall–Kier alpha value is -2.06. The lowest BCUT2D eigenvalue weighted by Gasteiger charge is -2.09. The topological polar surface area (TPSA) is 82.3 Å². The SMILES string of the molecule is NNc1ncc(F)c(Sc2ccc3c(c2)OCCCO3)n1. The fraction of sp³-hybridized carbons (Fsp3) is 0.231. The molecule has 21 heavy (non-hydrogen) atoms. The van der Waals surface area contributed by atoms with E-state index in [0.717, 1.165) is 17.5 Å². The van der Waals surface area contributed by atoms with Gasteiger partial charge in [0.2, 0.25) is 5.95 Å². The lowest BCUT2D eigenvalue weighted by molar-refractivity contribution is 0.297. The van der Waals surface area contributed by atoms with Gasteiger partial charge in [-0.15, -0.1) is 0 Å². The van der Waals surface area contributed by atoms with Crippen LogP contribution in [-0.2, 0) is 0 Å². The van der Waals surface area contributed by atoms with Crippen molar-refractivity contribution in [2.75, 3.05) is 18.6 Å². The van der Waals surface area contributed by atoms with Gasteiger partial charge in [0.1, 0.15) is 5.03 Å². The first-order valence-electron chi connectivity index (χ1n) is 6.33. The van der Waals surface area contributed by atoms with Crippen LogP contribution in [0.3, 0.4) is 0 Å². The normalized spacial score (nSPS) is 13.6. The minimum atomic E-state index is -0.508. The molecule has 0 aliphatic carbocycles. The summed E-state index contributed by atoms with van der Waals surface area (Å²) in [6.07, 6.45) is 1.91. The van der Waals surface area contributed by atoms with Crippen LogP contribution in [0.15, 0.2) is 34.3 Å². The first-order chi connectivity index (χ1) is 10.3. The molecule has 0 unspecified atom stereocenters. The van der Waals surface area contributed by atoms with Gasteiger partial charge >= 0.3 is 0 Å². The van der Waals surface area contributed by atoms with E-state index in [1.165, 1.54) is 11.8 Å². The van der Waals surface area contributed by atoms with Crippen LogP contribution in [0.2, 0.25) is 0 Å². The van der Waals surface area contributed by atoms with Crippen LogP contribution in [0, 0.1) is 5.82 Å². The Balaban J connectivity index is 1.86. The first kappa shape index (κ1) is 13.9. The van der Waals surface area contributed by atoms with Crippen molar-refractivity contribution in [3.63, 3.8) is 0 Å². The maximum Gasteiger partial charge on any atom is 0.238 e. The molecule has 2 aromatic rings. The zero-order valence-electron chi connectivity index (χ0n) is 11.0. The number of nitrogens with one attached hydrogen (secondary N) is 1. The van der Waals surface area contributed by atoms with Crippen molar-refractivity contribution in [2.24, 2.45) is 5.84 Å². The van der Waals surface area contributed by atoms with Gasteiger partial charge in [-0.2, -0.15) is 0 Å². The van der Waals surface area contributed by atoms with Crippen molar-refractivity contribution >= 4 is 17.7 Å². The van der Waals surface area contributed by atoms with Crippen LogP contribution in [0.1, 0.15) is 6.42 Å². The maximum atomic E-state index is 13.7. The van der Waals surface area contributed by atoms with E-state index in [-0.39, 0.29) is 11.0 Å². The Morgan fingerprint density at radius 3 is 2.86 bits per heavy atom. The summed E-state index contributed by atoms with van der Waals surface area (Å²) in [5.74, 6) is 6.23. The Morgan fingerprint density at radius 1 is 1.24 bits per heavy atom. The standard InChI is InChI=1S/C13H13FN4O2S/c14-9-7-16-13(18-15)17-12(9)21-8-2-3-10-11(6-8)20-5-1-4-19-10/h2-3,6-7H,1,4-5,15H2,(H,16,17,18). The number of fused-ring (bicyclic) bond motifs is 1. The quantitative estimate of drug-likeness (QED) is 0.511. The van der Waals surface area contributed by atoms with Gasteiger partial charge < -0.3 is 9.47 Å². The third-order valence-corrected chi connectivity index (χ3v) is 3.74. The van der Waals surface area contributed by atoms with Crippen molar-refractivity contribution in [3.05, 3.63) is 30.2 Å². The predicted molar refractivity (Wildman–Crippen MR) is 76.0 cm³/mol. The van der Waals surface area contributed by atoms with E-state index < -0.39 is 5.82 Å². The van der Waals surface area contributed by atoms with Gasteiger partial charge in [-0.05, 0) is 18.2 Å². The van der Waals surface area contributed by atoms with E-state index >= 15 is 0 Å². The molecule has 1 aromatic carbocycles. The molecule has 1 aliphatic heterocycles. The van der Waals surface area contributed by atoms with Gasteiger partial charge in [-0.25, -0.2) is 20.2 Å². The van der Waals surface area contributed by atoms with Crippen LogP contribution < -0.4 is 20.7 Å². The van der Waals surface area contributed by atoms with E-state index in [0.29, 0.717) is 24.7 Å². The lowest BCUT2D eigenvalue weighted by atomic mass is 10.3. The number of halogens is 1. The second-order valence-corrected chi connectivity index (χ2v) is 5.31. The fourth-order valence-electron chi connectivity index (χ4n) is 1.81. The van der Waals surface area contributed by atoms with E-state index in [9.17, 15) is 4.39 Å². The third-order valence-electron chi connectivity index (χ3n) is 2.77. The Labute approximate surface area is 124 Å². The Morgan fingerprint density at radius 2 is 2.05 bits per heavy atom. The lowest BCUT2D eigenvalue weighted by Crippen LogP contribution is -2.11. The smallest absolute Gasteiger partial charge is 0.238 e. The summed E-state index contributed by atoms with van der Waals surface area (Å²) in [4.78, 5) is 8.48. The summed E-state index contributed by atoms with van der Waals surface area (Å²) >= 11 is 1.17. The molecular weight excluding hydrogens is 295 g/mol. The highest BCUT2D eigenvalue weighted by molar-refractivity contribution is 7.99. The van der Waals surface area contributed by atoms with Gasteiger partial charge in [0, 0.05) is 11.3 Å². The molecule has 1 aliphatic rings. The monoisotopic (exact) mass is 308 g/mol. The number of nitrogens with two attached hydrogens (primary N) is 1. The largest absolute Gasteiger partial charge is 0.490 e. The number of rotatable bonds is 3. The number of ether oxygens (including phenoxy) is 2. The molecule has 0 amide bonds. The minimum absolute atomic E-state index is 0.160. The molecule has 0 bridgehead atoms. The molecule has 0 saturated carbocycles. The number of benzene rings is 1. The van der Waals surface area contributed by atoms with Gasteiger partial charge in [0.25, 0.3) is 0 Å². The van der Waals surface area contributed by atoms with Crippen molar-refractivity contribution < 1.29 is 13.9 Å². The number of aromatic nitrogens is 2. The highest BCUT2D eigenvalue weighted by Crippen LogP contribution is 2.36. The molecule has 2 heterocycles. The molecule has 3 N–H and O–H groups in total. The number of nitrogen functional groups attached to an aromatic ring is 1. The van der Waals surface area contributed by atoms with Crippen molar-refractivity contribution in [1.82, 2.24) is 9.97 Å². The summed E-state index contributed by atoms with van der Waals surface area (Å²) in [5.41, 5.74) is 2.29. The van der Waals surface area contributed by atoms with E-state index in [4.69, 9.17) is 15.3 Å². The van der Waals surface area contributed by atoms with Gasteiger partial charge in [-0.1, -0.05) is 11.8 Å². The van der Waals surface area contributed by atoms with Crippen LogP contribution in [0.4, 0.5) is 10.3 Å². The molecular formula is C13H13FN4O2S. The molecule has 0 spiro atoms. The molecule has 6 nitrogen and oxygen atoms in total. The molecule has 0 radical (unpaired) electrons. The van der Waals surface area contributed by atoms with Crippen LogP contribution >= 0.6 is 11.8 Å². The highest BCUT2D eigenvalue weighted by Gasteiger charge is 2.13. The second-order valence-electron chi connectivity index (χ2n) is 4.25. The van der Waals surface area contributed by atoms with Crippen molar-refractivity contribution in [1.29, 1.82) is 0 Å². The Kier molecular flexibility index (Phi) is 4.07. The van der Waals surface area contributed by atoms with Gasteiger partial charge in [0.05, 0.1) is 19.4 Å². The van der Waals surface area contributed by atoms with Crippen LogP contribution in [0.5, 0.6) is 11.5 Å². The second kappa shape index (κ2) is 6.15. The average Bonchev–Trinajstić information content (AvgIpc) is 2.74. The maximum absolute atomic E-state index is 13.7. The summed E-state index contributed by atoms with van der Waals surface area (Å²) in [6, 6.07) is 5.45. The summed E-state index contributed by atoms with van der Waals surface area (Å²) in [5, 5.41) is 0.187. The van der Waals surface area contributed by atoms with Crippen molar-refractivity contribution in [2.45, 2.75) is 16.3 Å². The zero-order chi connectivity index (χ0) is 14.7. The van der Waals surface area contributed by atoms with Crippen molar-refractivity contribution in [3.8, 4) is 11.5 Å². The molecule has 0 saturated heterocycles. The van der Waals surface area contributed by atoms with Crippen LogP contribution in [-0.4, -0.2) is 23.2 Å². The summed E-state index contributed by atoms with van der Waals surface area (Å²) < 4.78 is 24.9. The first-order valence-corrected chi connectivity index (χ1v) is 7.14. The fourth-order valence-corrected chi connectivity index (χ4v) is 2.62. The number of hydrazine groups is 1. The van der Waals surface area contributed by atoms with E-state index in [2.05, 4.69) is 15.4 Å². The number of hydrogen-bond acceptors (Lipinski definition) is 7. The molecule has 110 valence electrons. The Bertz CT molecular complexity index is 656. The average molecular weight is 308 g/mol. The predicted octanol–water partition coefficient (Wildman–Crippen LogP) is 2.21. The summed E-state index contributed by atoms with van der Waals surface area (Å²) in [6.45, 7) is 1.23. The van der Waals surface area contributed by atoms with E-state index in [1.54, 1.807) is 0 Å². The molecule has 1 aromatic heterocycles. The number of anilines is 1. The highest BCUT2D eigenvalue weighted by atomic mass is 32.2. The number of nitrogens with zero attached hydrogens (tertiary/aromatic N) is 2. The third kappa shape index (κ3) is 3.17. The van der Waals surface area contributed by atoms with Gasteiger partial charge in [-0.3, -0.25) is 5.43 Å². The molecule has 0 atom stereocenters. The minimum Gasteiger partial charge on any atom is -0.490 e. The van der Waals surface area contributed by atoms with Crippen LogP contribution in [0.25, 0.3) is 0 Å². The van der Waals surface area contributed by atoms with Gasteiger partial charge in [0.15, 0.2) is 17.3 Å². The summed E-state index contributed by atoms with van der Waals surface area (Å²) in [7, 11) is 0. The zero-order valence-corrected chi connectivity index (χ0v) is 11.8. The molecule has 8 heteroatoms.